The van der Waals surface area contributed by atoms with E-state index in [1.165, 1.54) is 21.7 Å². The number of primary amides is 1. The van der Waals surface area contributed by atoms with Crippen LogP contribution in [0.3, 0.4) is 0 Å². The number of nitrogens with two attached hydrogens (primary N) is 1. The van der Waals surface area contributed by atoms with Crippen LogP contribution in [0.1, 0.15) is 28.8 Å². The second-order valence-electron chi connectivity index (χ2n) is 6.48. The summed E-state index contributed by atoms with van der Waals surface area (Å²) in [5.74, 6) is -0.196. The molecule has 1 aromatic carbocycles. The molecule has 1 atom stereocenters. The van der Waals surface area contributed by atoms with Crippen molar-refractivity contribution in [2.24, 2.45) is 11.7 Å². The molecule has 0 aliphatic carbocycles. The van der Waals surface area contributed by atoms with E-state index >= 15 is 0 Å². The second kappa shape index (κ2) is 7.81. The SMILES string of the molecule is Cc1ccsc1CNCc1ccc(N2CCC[C@H](C(N)=O)C2)cc1. The Hall–Kier alpha value is -1.85. The minimum atomic E-state index is -0.176. The second-order valence-corrected chi connectivity index (χ2v) is 7.48. The van der Waals surface area contributed by atoms with E-state index in [0.717, 1.165) is 39.0 Å². The topological polar surface area (TPSA) is 58.4 Å². The van der Waals surface area contributed by atoms with Crippen LogP contribution in [0, 0.1) is 12.8 Å². The van der Waals surface area contributed by atoms with Crippen LogP contribution in [0.4, 0.5) is 5.69 Å². The van der Waals surface area contributed by atoms with Crippen molar-refractivity contribution in [1.82, 2.24) is 5.32 Å². The Morgan fingerprint density at radius 3 is 2.75 bits per heavy atom. The van der Waals surface area contributed by atoms with E-state index < -0.39 is 0 Å². The maximum Gasteiger partial charge on any atom is 0.222 e. The van der Waals surface area contributed by atoms with Crippen molar-refractivity contribution < 1.29 is 4.79 Å². The van der Waals surface area contributed by atoms with E-state index in [1.807, 2.05) is 0 Å². The number of hydrogen-bond donors (Lipinski definition) is 2. The van der Waals surface area contributed by atoms with E-state index in [2.05, 4.69) is 52.9 Å². The lowest BCUT2D eigenvalue weighted by atomic mass is 9.97. The number of anilines is 1. The molecule has 3 N–H and O–H groups in total. The summed E-state index contributed by atoms with van der Waals surface area (Å²) in [5, 5.41) is 5.64. The molecule has 1 saturated heterocycles. The van der Waals surface area contributed by atoms with Crippen LogP contribution in [0.25, 0.3) is 0 Å². The third-order valence-electron chi connectivity index (χ3n) is 4.71. The Morgan fingerprint density at radius 2 is 2.08 bits per heavy atom. The number of carbonyl (C=O) groups excluding carboxylic acids is 1. The molecule has 1 aliphatic rings. The summed E-state index contributed by atoms with van der Waals surface area (Å²) < 4.78 is 0. The van der Waals surface area contributed by atoms with Crippen LogP contribution in [-0.4, -0.2) is 19.0 Å². The number of nitrogens with zero attached hydrogens (tertiary/aromatic N) is 1. The first-order valence-electron chi connectivity index (χ1n) is 8.50. The van der Waals surface area contributed by atoms with Gasteiger partial charge in [-0.1, -0.05) is 12.1 Å². The van der Waals surface area contributed by atoms with E-state index in [4.69, 9.17) is 5.73 Å². The minimum absolute atomic E-state index is 0.0193. The summed E-state index contributed by atoms with van der Waals surface area (Å²) in [5.41, 5.74) is 9.28. The summed E-state index contributed by atoms with van der Waals surface area (Å²) >= 11 is 1.80. The van der Waals surface area contributed by atoms with Gasteiger partial charge in [0.25, 0.3) is 0 Å². The molecule has 2 heterocycles. The third-order valence-corrected chi connectivity index (χ3v) is 5.73. The Labute approximate surface area is 147 Å². The first-order chi connectivity index (χ1) is 11.6. The molecular weight excluding hydrogens is 318 g/mol. The van der Waals surface area contributed by atoms with Crippen molar-refractivity contribution in [3.05, 3.63) is 51.7 Å². The number of piperidine rings is 1. The summed E-state index contributed by atoms with van der Waals surface area (Å²) in [6.45, 7) is 5.67. The Morgan fingerprint density at radius 1 is 1.29 bits per heavy atom. The van der Waals surface area contributed by atoms with E-state index in [1.54, 1.807) is 11.3 Å². The van der Waals surface area contributed by atoms with Gasteiger partial charge in [0, 0.05) is 36.7 Å². The molecule has 1 amide bonds. The van der Waals surface area contributed by atoms with Crippen LogP contribution in [0.5, 0.6) is 0 Å². The van der Waals surface area contributed by atoms with Crippen molar-refractivity contribution in [2.45, 2.75) is 32.9 Å². The standard InChI is InChI=1S/C19H25N3OS/c1-14-8-10-24-18(14)12-21-11-15-4-6-17(7-5-15)22-9-2-3-16(13-22)19(20)23/h4-8,10,16,21H,2-3,9,11-13H2,1H3,(H2,20,23)/t16-/m0/s1. The molecule has 0 saturated carbocycles. The summed E-state index contributed by atoms with van der Waals surface area (Å²) in [6, 6.07) is 10.8. The molecule has 1 aliphatic heterocycles. The molecular formula is C19H25N3OS. The maximum absolute atomic E-state index is 11.4. The lowest BCUT2D eigenvalue weighted by molar-refractivity contribution is -0.122. The maximum atomic E-state index is 11.4. The van der Waals surface area contributed by atoms with E-state index in [-0.39, 0.29) is 11.8 Å². The van der Waals surface area contributed by atoms with E-state index in [9.17, 15) is 4.79 Å². The zero-order valence-corrected chi connectivity index (χ0v) is 14.9. The Kier molecular flexibility index (Phi) is 5.53. The molecule has 1 fully saturated rings. The molecule has 24 heavy (non-hydrogen) atoms. The fraction of sp³-hybridized carbons (Fsp3) is 0.421. The molecule has 128 valence electrons. The van der Waals surface area contributed by atoms with Crippen LogP contribution in [0.2, 0.25) is 0 Å². The lowest BCUT2D eigenvalue weighted by Gasteiger charge is -2.33. The van der Waals surface area contributed by atoms with Crippen molar-refractivity contribution in [1.29, 1.82) is 0 Å². The molecule has 0 bridgehead atoms. The summed E-state index contributed by atoms with van der Waals surface area (Å²) in [4.78, 5) is 15.1. The highest BCUT2D eigenvalue weighted by molar-refractivity contribution is 7.10. The first kappa shape index (κ1) is 17.0. The number of nitrogens with one attached hydrogen (secondary N) is 1. The average molecular weight is 343 g/mol. The van der Waals surface area contributed by atoms with Crippen molar-refractivity contribution in [2.75, 3.05) is 18.0 Å². The van der Waals surface area contributed by atoms with Gasteiger partial charge in [0.05, 0.1) is 5.92 Å². The normalized spacial score (nSPS) is 17.9. The Bertz CT molecular complexity index is 680. The van der Waals surface area contributed by atoms with E-state index in [0.29, 0.717) is 0 Å². The third kappa shape index (κ3) is 4.16. The van der Waals surface area contributed by atoms with Gasteiger partial charge in [-0.2, -0.15) is 0 Å². The monoisotopic (exact) mass is 343 g/mol. The van der Waals surface area contributed by atoms with Gasteiger partial charge in [-0.25, -0.2) is 0 Å². The van der Waals surface area contributed by atoms with Crippen molar-refractivity contribution in [3.63, 3.8) is 0 Å². The number of benzene rings is 1. The predicted octanol–water partition coefficient (Wildman–Crippen LogP) is 3.05. The van der Waals surface area contributed by atoms with Gasteiger partial charge in [-0.15, -0.1) is 11.3 Å². The molecule has 0 spiro atoms. The van der Waals surface area contributed by atoms with Crippen molar-refractivity contribution in [3.8, 4) is 0 Å². The number of thiophene rings is 1. The predicted molar refractivity (Wildman–Crippen MR) is 100 cm³/mol. The molecule has 4 nitrogen and oxygen atoms in total. The molecule has 3 rings (SSSR count). The fourth-order valence-electron chi connectivity index (χ4n) is 3.17. The Balaban J connectivity index is 1.53. The summed E-state index contributed by atoms with van der Waals surface area (Å²) in [7, 11) is 0. The number of aryl methyl sites for hydroxylation is 1. The van der Waals surface area contributed by atoms with Gasteiger partial charge < -0.3 is 16.0 Å². The number of rotatable bonds is 6. The molecule has 5 heteroatoms. The minimum Gasteiger partial charge on any atom is -0.371 e. The zero-order chi connectivity index (χ0) is 16.9. The highest BCUT2D eigenvalue weighted by atomic mass is 32.1. The van der Waals surface area contributed by atoms with Crippen LogP contribution in [0.15, 0.2) is 35.7 Å². The molecule has 2 aromatic rings. The van der Waals surface area contributed by atoms with Crippen molar-refractivity contribution >= 4 is 22.9 Å². The number of hydrogen-bond acceptors (Lipinski definition) is 4. The molecule has 1 aromatic heterocycles. The fourth-order valence-corrected chi connectivity index (χ4v) is 4.05. The number of carbonyl (C=O) groups is 1. The summed E-state index contributed by atoms with van der Waals surface area (Å²) in [6.07, 6.45) is 1.94. The van der Waals surface area contributed by atoms with Gasteiger partial charge in [-0.3, -0.25) is 4.79 Å². The molecule has 0 radical (unpaired) electrons. The van der Waals surface area contributed by atoms with Crippen LogP contribution in [-0.2, 0) is 17.9 Å². The van der Waals surface area contributed by atoms with Gasteiger partial charge in [0.1, 0.15) is 0 Å². The number of amides is 1. The smallest absolute Gasteiger partial charge is 0.222 e. The quantitative estimate of drug-likeness (QED) is 0.847. The largest absolute Gasteiger partial charge is 0.371 e. The lowest BCUT2D eigenvalue weighted by Crippen LogP contribution is -2.41. The zero-order valence-electron chi connectivity index (χ0n) is 14.1. The highest BCUT2D eigenvalue weighted by Crippen LogP contribution is 2.23. The average Bonchev–Trinajstić information content (AvgIpc) is 3.01. The van der Waals surface area contributed by atoms with Crippen LogP contribution >= 0.6 is 11.3 Å². The first-order valence-corrected chi connectivity index (χ1v) is 9.38. The van der Waals surface area contributed by atoms with Gasteiger partial charge in [0.2, 0.25) is 5.91 Å². The highest BCUT2D eigenvalue weighted by Gasteiger charge is 2.23. The van der Waals surface area contributed by atoms with Crippen LogP contribution < -0.4 is 16.0 Å². The van der Waals surface area contributed by atoms with Gasteiger partial charge >= 0.3 is 0 Å². The van der Waals surface area contributed by atoms with Gasteiger partial charge in [0.15, 0.2) is 0 Å². The molecule has 0 unspecified atom stereocenters. The van der Waals surface area contributed by atoms with Gasteiger partial charge in [-0.05, 0) is 54.5 Å².